The third-order valence-electron chi connectivity index (χ3n) is 6.70. The minimum Gasteiger partial charge on any atom is -0.480 e. The summed E-state index contributed by atoms with van der Waals surface area (Å²) in [5, 5.41) is 12.0. The van der Waals surface area contributed by atoms with Gasteiger partial charge in [-0.1, -0.05) is 26.2 Å². The molecule has 1 aliphatic heterocycles. The van der Waals surface area contributed by atoms with Gasteiger partial charge in [0.1, 0.15) is 12.1 Å². The predicted molar refractivity (Wildman–Crippen MR) is 152 cm³/mol. The minimum absolute atomic E-state index is 0.226. The van der Waals surface area contributed by atoms with Crippen LogP contribution in [-0.2, 0) is 14.3 Å². The number of hydrogen-bond donors (Lipinski definition) is 2. The van der Waals surface area contributed by atoms with E-state index in [0.717, 1.165) is 39.0 Å². The van der Waals surface area contributed by atoms with Gasteiger partial charge in [0, 0.05) is 19.4 Å². The quantitative estimate of drug-likeness (QED) is 0.0489. The van der Waals surface area contributed by atoms with Crippen molar-refractivity contribution in [2.75, 3.05) is 32.7 Å². The van der Waals surface area contributed by atoms with E-state index in [1.54, 1.807) is 0 Å². The van der Waals surface area contributed by atoms with E-state index in [1.165, 1.54) is 31.6 Å². The summed E-state index contributed by atoms with van der Waals surface area (Å²) in [6.45, 7) is 20.0. The van der Waals surface area contributed by atoms with Crippen LogP contribution in [0.2, 0.25) is 0 Å². The Bertz CT molecular complexity index is 751. The van der Waals surface area contributed by atoms with Crippen molar-refractivity contribution in [2.45, 2.75) is 124 Å². The number of carboxylic acids is 1. The van der Waals surface area contributed by atoms with Crippen LogP contribution >= 0.6 is 0 Å². The van der Waals surface area contributed by atoms with E-state index in [-0.39, 0.29) is 12.1 Å². The highest BCUT2D eigenvalue weighted by atomic mass is 19.5. The number of guanidine groups is 1. The van der Waals surface area contributed by atoms with Crippen molar-refractivity contribution in [1.82, 2.24) is 15.1 Å². The van der Waals surface area contributed by atoms with Gasteiger partial charge < -0.3 is 32.4 Å². The number of hydrogen-bond acceptors (Lipinski definition) is 4. The number of nitrogens with zero attached hydrogens (tertiary/aromatic N) is 3. The lowest BCUT2D eigenvalue weighted by Gasteiger charge is -2.34. The SMILES string of the molecule is CCCCCC[N+](CCCCC(=O)O[C@H]1CN[C@H](C(=O)O)C1)=C(N(CC)CC)N(C(C)C)C(C)C.F[B-](F)(F)F. The third-order valence-corrected chi connectivity index (χ3v) is 6.70. The first-order chi connectivity index (χ1) is 18.7. The zero-order valence-electron chi connectivity index (χ0n) is 25.6. The highest BCUT2D eigenvalue weighted by Gasteiger charge is 2.33. The Hall–Kier alpha value is -2.05. The third kappa shape index (κ3) is 16.3. The van der Waals surface area contributed by atoms with Crippen molar-refractivity contribution < 1.29 is 41.3 Å². The summed E-state index contributed by atoms with van der Waals surface area (Å²) in [6.07, 6.45) is 6.95. The monoisotopic (exact) mass is 584 g/mol. The van der Waals surface area contributed by atoms with Crippen molar-refractivity contribution in [2.24, 2.45) is 0 Å². The molecule has 0 unspecified atom stereocenters. The summed E-state index contributed by atoms with van der Waals surface area (Å²) in [6, 6.07) is 0.176. The molecule has 0 bridgehead atoms. The molecule has 2 atom stereocenters. The van der Waals surface area contributed by atoms with Gasteiger partial charge in [-0.3, -0.25) is 24.0 Å². The first kappa shape index (κ1) is 38.0. The number of carboxylic acid groups (broad SMARTS) is 1. The Morgan fingerprint density at radius 2 is 1.48 bits per heavy atom. The smallest absolute Gasteiger partial charge is 0.480 e. The van der Waals surface area contributed by atoms with Gasteiger partial charge in [-0.2, -0.15) is 0 Å². The molecule has 1 heterocycles. The second kappa shape index (κ2) is 19.9. The maximum atomic E-state index is 12.4. The number of esters is 1. The van der Waals surface area contributed by atoms with E-state index in [1.807, 2.05) is 0 Å². The number of ether oxygens (including phenoxy) is 1. The van der Waals surface area contributed by atoms with Crippen LogP contribution in [0.5, 0.6) is 0 Å². The van der Waals surface area contributed by atoms with Crippen molar-refractivity contribution in [1.29, 1.82) is 0 Å². The molecule has 1 fully saturated rings. The van der Waals surface area contributed by atoms with E-state index >= 15 is 0 Å². The van der Waals surface area contributed by atoms with Crippen LogP contribution in [0, 0.1) is 0 Å². The Morgan fingerprint density at radius 1 is 0.950 bits per heavy atom. The summed E-state index contributed by atoms with van der Waals surface area (Å²) >= 11 is 0. The summed E-state index contributed by atoms with van der Waals surface area (Å²) in [4.78, 5) is 28.4. The molecule has 1 aliphatic rings. The number of rotatable bonds is 16. The molecule has 13 heteroatoms. The standard InChI is InChI=1S/C27H52N4O4.BF4/c1-8-11-12-14-17-30(27(29(9-2)10-3)31(21(4)5)22(6)7)18-15-13-16-25(32)35-23-19-24(26(33)34)28-20-23;2-1(3,4)5/h21-24,28H,8-20H2,1-7H3;/q;-1/p+1/t23-,24+;/m1./s1. The number of carbonyl (C=O) groups is 2. The average Bonchev–Trinajstić information content (AvgIpc) is 3.30. The lowest BCUT2D eigenvalue weighted by molar-refractivity contribution is -0.539. The van der Waals surface area contributed by atoms with Crippen LogP contribution in [0.15, 0.2) is 0 Å². The van der Waals surface area contributed by atoms with E-state index in [0.29, 0.717) is 31.5 Å². The maximum absolute atomic E-state index is 12.4. The fourth-order valence-electron chi connectivity index (χ4n) is 4.93. The fraction of sp³-hybridized carbons (Fsp3) is 0.889. The molecule has 0 aromatic rings. The summed E-state index contributed by atoms with van der Waals surface area (Å²) < 4.78 is 47.1. The van der Waals surface area contributed by atoms with Crippen LogP contribution < -0.4 is 5.32 Å². The molecular weight excluding hydrogens is 531 g/mol. The number of halogens is 4. The van der Waals surface area contributed by atoms with Gasteiger partial charge in [-0.05, 0) is 60.8 Å². The molecule has 2 N–H and O–H groups in total. The molecule has 0 aromatic heterocycles. The van der Waals surface area contributed by atoms with Crippen LogP contribution in [0.3, 0.4) is 0 Å². The van der Waals surface area contributed by atoms with Gasteiger partial charge in [-0.15, -0.1) is 0 Å². The molecule has 1 saturated heterocycles. The van der Waals surface area contributed by atoms with Crippen molar-refractivity contribution in [3.05, 3.63) is 0 Å². The summed E-state index contributed by atoms with van der Waals surface area (Å²) in [5.74, 6) is 0.201. The maximum Gasteiger partial charge on any atom is 0.673 e. The highest BCUT2D eigenvalue weighted by molar-refractivity contribution is 6.50. The van der Waals surface area contributed by atoms with Crippen LogP contribution in [-0.4, -0.2) is 102 Å². The van der Waals surface area contributed by atoms with Crippen molar-refractivity contribution in [3.63, 3.8) is 0 Å². The Morgan fingerprint density at radius 3 is 1.90 bits per heavy atom. The molecule has 0 spiro atoms. The summed E-state index contributed by atoms with van der Waals surface area (Å²) in [7, 11) is -6.00. The topological polar surface area (TPSA) is 85.1 Å². The Balaban J connectivity index is 0.00000277. The molecule has 40 heavy (non-hydrogen) atoms. The summed E-state index contributed by atoms with van der Waals surface area (Å²) in [5.41, 5.74) is 0. The Labute approximate surface area is 238 Å². The normalized spacial score (nSPS) is 17.8. The second-order valence-corrected chi connectivity index (χ2v) is 10.7. The molecule has 0 radical (unpaired) electrons. The van der Waals surface area contributed by atoms with Gasteiger partial charge in [0.2, 0.25) is 0 Å². The molecule has 236 valence electrons. The zero-order valence-corrected chi connectivity index (χ0v) is 25.6. The number of aliphatic carboxylic acids is 1. The van der Waals surface area contributed by atoms with E-state index in [2.05, 4.69) is 68.2 Å². The molecule has 0 aromatic carbocycles. The van der Waals surface area contributed by atoms with Crippen LogP contribution in [0.25, 0.3) is 0 Å². The van der Waals surface area contributed by atoms with Crippen LogP contribution in [0.4, 0.5) is 17.3 Å². The van der Waals surface area contributed by atoms with Crippen LogP contribution in [0.1, 0.15) is 99.8 Å². The zero-order chi connectivity index (χ0) is 30.9. The molecule has 8 nitrogen and oxygen atoms in total. The Kier molecular flexibility index (Phi) is 18.9. The minimum atomic E-state index is -6.00. The van der Waals surface area contributed by atoms with Gasteiger partial charge in [-0.25, -0.2) is 0 Å². The van der Waals surface area contributed by atoms with Gasteiger partial charge in [0.15, 0.2) is 0 Å². The second-order valence-electron chi connectivity index (χ2n) is 10.7. The lowest BCUT2D eigenvalue weighted by atomic mass is 10.2. The fourth-order valence-corrected chi connectivity index (χ4v) is 4.93. The first-order valence-corrected chi connectivity index (χ1v) is 14.8. The number of nitrogens with one attached hydrogen (secondary N) is 1. The molecule has 0 aliphatic carbocycles. The highest BCUT2D eigenvalue weighted by Crippen LogP contribution is 2.14. The van der Waals surface area contributed by atoms with Gasteiger partial charge in [0.05, 0.1) is 38.3 Å². The molecule has 0 saturated carbocycles. The van der Waals surface area contributed by atoms with E-state index < -0.39 is 19.3 Å². The van der Waals surface area contributed by atoms with Crippen molar-refractivity contribution >= 4 is 25.2 Å². The largest absolute Gasteiger partial charge is 0.673 e. The van der Waals surface area contributed by atoms with E-state index in [9.17, 15) is 26.9 Å². The van der Waals surface area contributed by atoms with Gasteiger partial charge in [0.25, 0.3) is 0 Å². The predicted octanol–water partition coefficient (Wildman–Crippen LogP) is 5.22. The molecule has 0 amide bonds. The van der Waals surface area contributed by atoms with E-state index in [4.69, 9.17) is 9.84 Å². The lowest BCUT2D eigenvalue weighted by Crippen LogP contribution is -2.55. The number of carbonyl (C=O) groups excluding carboxylic acids is 1. The molecular formula is C27H53BF4N4O4. The average molecular weight is 585 g/mol. The number of unbranched alkanes of at least 4 members (excludes halogenated alkanes) is 4. The first-order valence-electron chi connectivity index (χ1n) is 14.8. The van der Waals surface area contributed by atoms with Crippen molar-refractivity contribution in [3.8, 4) is 0 Å². The molecule has 1 rings (SSSR count). The van der Waals surface area contributed by atoms with Gasteiger partial charge >= 0.3 is 25.2 Å².